The molecule has 2 fully saturated rings. The minimum absolute atomic E-state index is 0.114. The van der Waals surface area contributed by atoms with Gasteiger partial charge in [0.1, 0.15) is 27.7 Å². The number of morpholine rings is 1. The summed E-state index contributed by atoms with van der Waals surface area (Å²) in [5, 5.41) is 10.6. The van der Waals surface area contributed by atoms with Crippen molar-refractivity contribution in [1.82, 2.24) is 14.9 Å². The van der Waals surface area contributed by atoms with Gasteiger partial charge in [-0.1, -0.05) is 34.4 Å². The number of amides is 1. The number of hydrogen-bond acceptors (Lipinski definition) is 8. The Bertz CT molecular complexity index is 1080. The van der Waals surface area contributed by atoms with E-state index in [0.717, 1.165) is 33.7 Å². The van der Waals surface area contributed by atoms with Gasteiger partial charge in [0.05, 0.1) is 29.7 Å². The summed E-state index contributed by atoms with van der Waals surface area (Å²) in [6.45, 7) is 10.5. The highest BCUT2D eigenvalue weighted by Gasteiger charge is 2.35. The van der Waals surface area contributed by atoms with Gasteiger partial charge in [0, 0.05) is 35.9 Å². The fourth-order valence-corrected chi connectivity index (χ4v) is 5.55. The Morgan fingerprint density at radius 2 is 2.06 bits per heavy atom. The van der Waals surface area contributed by atoms with E-state index in [-0.39, 0.29) is 23.6 Å². The van der Waals surface area contributed by atoms with Crippen molar-refractivity contribution in [1.29, 1.82) is 5.26 Å². The molecule has 2 aliphatic rings. The standard InChI is InChI=1S/C23H28IN5O3S/c1-14-10-28(11-16(7-24)31-14)18-6-5-15(8-25)20-21(18)27-19(9-26-20)33-17-12-29(13-17)22(30)32-23(2,3)4/h5-6,9,14,16-17H,7,10-13H2,1-4H3/t14-,16+/m1/s1. The Labute approximate surface area is 212 Å². The molecular weight excluding hydrogens is 553 g/mol. The first-order valence-electron chi connectivity index (χ1n) is 11.0. The molecule has 0 saturated carbocycles. The number of alkyl halides is 1. The molecule has 1 aromatic carbocycles. The highest BCUT2D eigenvalue weighted by atomic mass is 127. The number of nitrogens with zero attached hydrogens (tertiary/aromatic N) is 5. The smallest absolute Gasteiger partial charge is 0.410 e. The predicted octanol–water partition coefficient (Wildman–Crippen LogP) is 4.24. The van der Waals surface area contributed by atoms with Crippen LogP contribution in [0.2, 0.25) is 0 Å². The zero-order valence-electron chi connectivity index (χ0n) is 19.2. The molecule has 33 heavy (non-hydrogen) atoms. The molecule has 3 heterocycles. The number of thioether (sulfide) groups is 1. The first-order valence-corrected chi connectivity index (χ1v) is 13.4. The summed E-state index contributed by atoms with van der Waals surface area (Å²) < 4.78 is 12.4. The van der Waals surface area contributed by atoms with E-state index in [1.807, 2.05) is 32.9 Å². The summed E-state index contributed by atoms with van der Waals surface area (Å²) in [5.41, 5.74) is 2.36. The molecule has 1 amide bonds. The molecule has 2 aromatic rings. The van der Waals surface area contributed by atoms with Gasteiger partial charge in [-0.05, 0) is 39.8 Å². The largest absolute Gasteiger partial charge is 0.444 e. The molecule has 1 aromatic heterocycles. The Morgan fingerprint density at radius 1 is 1.30 bits per heavy atom. The molecular formula is C23H28IN5O3S. The third-order valence-corrected chi connectivity index (χ3v) is 7.45. The maximum atomic E-state index is 12.2. The van der Waals surface area contributed by atoms with Crippen molar-refractivity contribution in [2.45, 2.75) is 55.8 Å². The average Bonchev–Trinajstić information content (AvgIpc) is 2.73. The van der Waals surface area contributed by atoms with E-state index in [1.165, 1.54) is 0 Å². The van der Waals surface area contributed by atoms with E-state index in [9.17, 15) is 10.1 Å². The van der Waals surface area contributed by atoms with E-state index in [1.54, 1.807) is 22.9 Å². The van der Waals surface area contributed by atoms with Crippen molar-refractivity contribution in [3.05, 3.63) is 23.9 Å². The van der Waals surface area contributed by atoms with E-state index >= 15 is 0 Å². The topological polar surface area (TPSA) is 91.6 Å². The van der Waals surface area contributed by atoms with Gasteiger partial charge in [0.25, 0.3) is 0 Å². The quantitative estimate of drug-likeness (QED) is 0.391. The Morgan fingerprint density at radius 3 is 2.73 bits per heavy atom. The van der Waals surface area contributed by atoms with Crippen molar-refractivity contribution in [2.24, 2.45) is 0 Å². The molecule has 2 saturated heterocycles. The average molecular weight is 581 g/mol. The van der Waals surface area contributed by atoms with Gasteiger partial charge in [0.15, 0.2) is 0 Å². The van der Waals surface area contributed by atoms with Crippen LogP contribution in [-0.4, -0.2) is 74.6 Å². The van der Waals surface area contributed by atoms with Crippen LogP contribution in [0.5, 0.6) is 0 Å². The number of benzene rings is 1. The minimum Gasteiger partial charge on any atom is -0.444 e. The van der Waals surface area contributed by atoms with Crippen LogP contribution in [0.15, 0.2) is 23.4 Å². The molecule has 8 nitrogen and oxygen atoms in total. The number of likely N-dealkylation sites (tertiary alicyclic amines) is 1. The second kappa shape index (κ2) is 9.80. The molecule has 2 atom stereocenters. The number of carbonyl (C=O) groups is 1. The molecule has 10 heteroatoms. The van der Waals surface area contributed by atoms with Crippen LogP contribution >= 0.6 is 34.4 Å². The highest BCUT2D eigenvalue weighted by Crippen LogP contribution is 2.34. The third kappa shape index (κ3) is 5.63. The van der Waals surface area contributed by atoms with Gasteiger partial charge in [0.2, 0.25) is 0 Å². The van der Waals surface area contributed by atoms with Gasteiger partial charge < -0.3 is 19.3 Å². The van der Waals surface area contributed by atoms with Crippen molar-refractivity contribution >= 4 is 57.2 Å². The summed E-state index contributed by atoms with van der Waals surface area (Å²) in [7, 11) is 0. The maximum Gasteiger partial charge on any atom is 0.410 e. The van der Waals surface area contributed by atoms with Crippen LogP contribution in [0.3, 0.4) is 0 Å². The summed E-state index contributed by atoms with van der Waals surface area (Å²) >= 11 is 3.96. The summed E-state index contributed by atoms with van der Waals surface area (Å²) in [6.07, 6.45) is 1.71. The molecule has 0 radical (unpaired) electrons. The third-order valence-electron chi connectivity index (χ3n) is 5.40. The fraction of sp³-hybridized carbons (Fsp3) is 0.565. The van der Waals surface area contributed by atoms with Gasteiger partial charge >= 0.3 is 6.09 Å². The minimum atomic E-state index is -0.499. The SMILES string of the molecule is C[C@@H]1CN(c2ccc(C#N)c3ncc(SC4CN(C(=O)OC(C)(C)C)C4)nc23)C[C@H](CI)O1. The van der Waals surface area contributed by atoms with E-state index in [2.05, 4.69) is 45.5 Å². The normalized spacial score (nSPS) is 21.6. The zero-order valence-corrected chi connectivity index (χ0v) is 22.2. The van der Waals surface area contributed by atoms with Gasteiger partial charge in [-0.2, -0.15) is 5.26 Å². The van der Waals surface area contributed by atoms with Crippen molar-refractivity contribution < 1.29 is 14.3 Å². The number of halogens is 1. The van der Waals surface area contributed by atoms with Gasteiger partial charge in [-0.15, -0.1) is 0 Å². The maximum absolute atomic E-state index is 12.2. The lowest BCUT2D eigenvalue weighted by Gasteiger charge is -2.39. The lowest BCUT2D eigenvalue weighted by molar-refractivity contribution is -0.00103. The highest BCUT2D eigenvalue weighted by molar-refractivity contribution is 14.1. The van der Waals surface area contributed by atoms with Crippen molar-refractivity contribution in [3.63, 3.8) is 0 Å². The molecule has 0 spiro atoms. The number of rotatable bonds is 4. The van der Waals surface area contributed by atoms with Crippen molar-refractivity contribution in [2.75, 3.05) is 35.5 Å². The molecule has 4 rings (SSSR count). The van der Waals surface area contributed by atoms with Crippen LogP contribution < -0.4 is 4.90 Å². The van der Waals surface area contributed by atoms with Crippen LogP contribution in [0.1, 0.15) is 33.3 Å². The van der Waals surface area contributed by atoms with Crippen LogP contribution in [0, 0.1) is 11.3 Å². The number of ether oxygens (including phenoxy) is 2. The van der Waals surface area contributed by atoms with Crippen LogP contribution in [-0.2, 0) is 9.47 Å². The second-order valence-electron chi connectivity index (χ2n) is 9.40. The number of anilines is 1. The number of aromatic nitrogens is 2. The van der Waals surface area contributed by atoms with E-state index in [0.29, 0.717) is 24.2 Å². The van der Waals surface area contributed by atoms with Gasteiger partial charge in [-0.3, -0.25) is 4.98 Å². The predicted molar refractivity (Wildman–Crippen MR) is 137 cm³/mol. The number of hydrogen-bond donors (Lipinski definition) is 0. The van der Waals surface area contributed by atoms with Crippen molar-refractivity contribution in [3.8, 4) is 6.07 Å². The fourth-order valence-electron chi connectivity index (χ4n) is 3.96. The molecule has 0 N–H and O–H groups in total. The number of carbonyl (C=O) groups excluding carboxylic acids is 1. The Hall–Kier alpha value is -1.84. The molecule has 0 bridgehead atoms. The second-order valence-corrected chi connectivity index (χ2v) is 11.6. The number of fused-ring (bicyclic) bond motifs is 1. The molecule has 0 unspecified atom stereocenters. The lowest BCUT2D eigenvalue weighted by atomic mass is 10.1. The summed E-state index contributed by atoms with van der Waals surface area (Å²) in [6, 6.07) is 6.03. The molecule has 176 valence electrons. The summed E-state index contributed by atoms with van der Waals surface area (Å²) in [4.78, 5) is 25.7. The Kier molecular flexibility index (Phi) is 7.21. The monoisotopic (exact) mass is 581 g/mol. The number of nitriles is 1. The first kappa shape index (κ1) is 24.3. The molecule has 0 aliphatic carbocycles. The Balaban J connectivity index is 1.54. The zero-order chi connectivity index (χ0) is 23.8. The van der Waals surface area contributed by atoms with E-state index < -0.39 is 5.60 Å². The lowest BCUT2D eigenvalue weighted by Crippen LogP contribution is -2.53. The summed E-state index contributed by atoms with van der Waals surface area (Å²) in [5.74, 6) is 0. The van der Waals surface area contributed by atoms with Gasteiger partial charge in [-0.25, -0.2) is 9.78 Å². The molecule has 2 aliphatic heterocycles. The van der Waals surface area contributed by atoms with Crippen LogP contribution in [0.25, 0.3) is 11.0 Å². The first-order chi connectivity index (χ1) is 15.7. The van der Waals surface area contributed by atoms with Crippen LogP contribution in [0.4, 0.5) is 10.5 Å². The van der Waals surface area contributed by atoms with E-state index in [4.69, 9.17) is 14.5 Å².